The van der Waals surface area contributed by atoms with Crippen molar-refractivity contribution in [1.82, 2.24) is 15.5 Å². The van der Waals surface area contributed by atoms with Crippen LogP contribution in [-0.2, 0) is 4.79 Å². The van der Waals surface area contributed by atoms with E-state index >= 15 is 0 Å². The Morgan fingerprint density at radius 2 is 2.05 bits per heavy atom. The standard InChI is InChI=1S/C14H26N4O/c1-4-7-15-13-16-12(19)14(17-13)5-8-18(9-6-14)10-11(2)3/h11H,4-10H2,1-3H3,(H2,15,16,17,19). The summed E-state index contributed by atoms with van der Waals surface area (Å²) in [6.45, 7) is 10.4. The molecule has 2 heterocycles. The molecular formula is C14H26N4O. The summed E-state index contributed by atoms with van der Waals surface area (Å²) in [6.07, 6.45) is 2.74. The molecule has 19 heavy (non-hydrogen) atoms. The number of amides is 1. The Labute approximate surface area is 115 Å². The third-order valence-corrected chi connectivity index (χ3v) is 3.85. The average Bonchev–Trinajstić information content (AvgIpc) is 2.66. The van der Waals surface area contributed by atoms with Gasteiger partial charge in [-0.3, -0.25) is 15.1 Å². The zero-order chi connectivity index (χ0) is 13.9. The fourth-order valence-electron chi connectivity index (χ4n) is 2.83. The number of hydrogen-bond acceptors (Lipinski definition) is 3. The van der Waals surface area contributed by atoms with Crippen LogP contribution in [0.1, 0.15) is 40.0 Å². The minimum atomic E-state index is -0.403. The van der Waals surface area contributed by atoms with Crippen molar-refractivity contribution in [3.8, 4) is 0 Å². The van der Waals surface area contributed by atoms with Crippen LogP contribution in [0.25, 0.3) is 0 Å². The van der Waals surface area contributed by atoms with E-state index in [1.807, 2.05) is 0 Å². The van der Waals surface area contributed by atoms with Crippen LogP contribution in [-0.4, -0.2) is 48.5 Å². The highest BCUT2D eigenvalue weighted by atomic mass is 16.2. The fourth-order valence-corrected chi connectivity index (χ4v) is 2.83. The van der Waals surface area contributed by atoms with Crippen molar-refractivity contribution in [3.63, 3.8) is 0 Å². The summed E-state index contributed by atoms with van der Waals surface area (Å²) >= 11 is 0. The number of piperidine rings is 1. The molecule has 0 aromatic carbocycles. The maximum atomic E-state index is 12.2. The van der Waals surface area contributed by atoms with Gasteiger partial charge in [0, 0.05) is 26.2 Å². The first-order valence-electron chi connectivity index (χ1n) is 7.42. The number of carbonyl (C=O) groups is 1. The molecule has 108 valence electrons. The van der Waals surface area contributed by atoms with Crippen molar-refractivity contribution in [3.05, 3.63) is 0 Å². The number of nitrogens with zero attached hydrogens (tertiary/aromatic N) is 2. The first kappa shape index (κ1) is 14.3. The van der Waals surface area contributed by atoms with Crippen LogP contribution >= 0.6 is 0 Å². The molecule has 0 aromatic heterocycles. The number of carbonyl (C=O) groups excluding carboxylic acids is 1. The molecular weight excluding hydrogens is 240 g/mol. The molecule has 5 heteroatoms. The minimum Gasteiger partial charge on any atom is -0.342 e. The quantitative estimate of drug-likeness (QED) is 0.797. The summed E-state index contributed by atoms with van der Waals surface area (Å²) in [4.78, 5) is 19.0. The van der Waals surface area contributed by atoms with E-state index in [-0.39, 0.29) is 5.91 Å². The van der Waals surface area contributed by atoms with Crippen LogP contribution in [0.3, 0.4) is 0 Å². The molecule has 2 aliphatic rings. The van der Waals surface area contributed by atoms with Crippen molar-refractivity contribution >= 4 is 11.9 Å². The second-order valence-corrected chi connectivity index (χ2v) is 6.09. The van der Waals surface area contributed by atoms with Crippen LogP contribution in [0.15, 0.2) is 4.99 Å². The Balaban J connectivity index is 1.93. The smallest absolute Gasteiger partial charge is 0.252 e. The fraction of sp³-hybridized carbons (Fsp3) is 0.857. The molecule has 2 fully saturated rings. The monoisotopic (exact) mass is 266 g/mol. The summed E-state index contributed by atoms with van der Waals surface area (Å²) in [7, 11) is 0. The van der Waals surface area contributed by atoms with Gasteiger partial charge in [-0.05, 0) is 25.2 Å². The van der Waals surface area contributed by atoms with Gasteiger partial charge in [-0.1, -0.05) is 20.8 Å². The number of nitrogens with one attached hydrogen (secondary N) is 2. The van der Waals surface area contributed by atoms with Gasteiger partial charge in [-0.15, -0.1) is 0 Å². The highest BCUT2D eigenvalue weighted by molar-refractivity contribution is 6.09. The second kappa shape index (κ2) is 5.90. The van der Waals surface area contributed by atoms with E-state index in [2.05, 4.69) is 41.3 Å². The average molecular weight is 266 g/mol. The van der Waals surface area contributed by atoms with Crippen molar-refractivity contribution < 1.29 is 4.79 Å². The van der Waals surface area contributed by atoms with Gasteiger partial charge in [0.1, 0.15) is 5.54 Å². The molecule has 2 N–H and O–H groups in total. The predicted molar refractivity (Wildman–Crippen MR) is 77.1 cm³/mol. The lowest BCUT2D eigenvalue weighted by Crippen LogP contribution is -2.55. The van der Waals surface area contributed by atoms with Gasteiger partial charge < -0.3 is 10.2 Å². The molecule has 0 saturated carbocycles. The molecule has 0 atom stereocenters. The summed E-state index contributed by atoms with van der Waals surface area (Å²) in [5.41, 5.74) is -0.403. The summed E-state index contributed by atoms with van der Waals surface area (Å²) in [5.74, 6) is 1.46. The van der Waals surface area contributed by atoms with Crippen LogP contribution in [0.2, 0.25) is 0 Å². The number of hydrogen-bond donors (Lipinski definition) is 2. The van der Waals surface area contributed by atoms with Crippen LogP contribution < -0.4 is 10.6 Å². The Hall–Kier alpha value is -1.10. The van der Waals surface area contributed by atoms with Gasteiger partial charge in [0.2, 0.25) is 0 Å². The lowest BCUT2D eigenvalue weighted by molar-refractivity contribution is -0.125. The number of rotatable bonds is 4. The largest absolute Gasteiger partial charge is 0.342 e. The van der Waals surface area contributed by atoms with Gasteiger partial charge in [0.15, 0.2) is 5.96 Å². The molecule has 1 spiro atoms. The van der Waals surface area contributed by atoms with Crippen molar-refractivity contribution in [2.24, 2.45) is 10.9 Å². The molecule has 0 bridgehead atoms. The van der Waals surface area contributed by atoms with E-state index in [0.29, 0.717) is 11.9 Å². The molecule has 0 unspecified atom stereocenters. The zero-order valence-corrected chi connectivity index (χ0v) is 12.3. The number of aliphatic imine (C=N–C) groups is 1. The molecule has 2 rings (SSSR count). The molecule has 0 radical (unpaired) electrons. The van der Waals surface area contributed by atoms with Crippen molar-refractivity contribution in [2.75, 3.05) is 26.2 Å². The molecule has 2 aliphatic heterocycles. The third-order valence-electron chi connectivity index (χ3n) is 3.85. The van der Waals surface area contributed by atoms with E-state index in [1.54, 1.807) is 0 Å². The third kappa shape index (κ3) is 3.26. The number of likely N-dealkylation sites (tertiary alicyclic amines) is 1. The van der Waals surface area contributed by atoms with Crippen LogP contribution in [0.4, 0.5) is 0 Å². The molecule has 0 aromatic rings. The lowest BCUT2D eigenvalue weighted by Gasteiger charge is -2.37. The van der Waals surface area contributed by atoms with E-state index in [4.69, 9.17) is 0 Å². The lowest BCUT2D eigenvalue weighted by atomic mass is 9.87. The van der Waals surface area contributed by atoms with Gasteiger partial charge in [-0.2, -0.15) is 0 Å². The van der Waals surface area contributed by atoms with Crippen molar-refractivity contribution in [1.29, 1.82) is 0 Å². The molecule has 5 nitrogen and oxygen atoms in total. The maximum Gasteiger partial charge on any atom is 0.252 e. The van der Waals surface area contributed by atoms with Crippen LogP contribution in [0, 0.1) is 5.92 Å². The summed E-state index contributed by atoms with van der Waals surface area (Å²) in [5, 5.41) is 6.21. The Bertz CT molecular complexity index is 356. The zero-order valence-electron chi connectivity index (χ0n) is 12.3. The van der Waals surface area contributed by atoms with E-state index < -0.39 is 5.54 Å². The highest BCUT2D eigenvalue weighted by Gasteiger charge is 2.46. The number of guanidine groups is 1. The van der Waals surface area contributed by atoms with Crippen molar-refractivity contribution in [2.45, 2.75) is 45.6 Å². The van der Waals surface area contributed by atoms with Gasteiger partial charge >= 0.3 is 0 Å². The normalized spacial score (nSPS) is 25.1. The second-order valence-electron chi connectivity index (χ2n) is 6.09. The molecule has 1 amide bonds. The Morgan fingerprint density at radius 1 is 1.37 bits per heavy atom. The summed E-state index contributed by atoms with van der Waals surface area (Å²) in [6, 6.07) is 0. The predicted octanol–water partition coefficient (Wildman–Crippen LogP) is 0.962. The topological polar surface area (TPSA) is 56.7 Å². The summed E-state index contributed by atoms with van der Waals surface area (Å²) < 4.78 is 0. The van der Waals surface area contributed by atoms with E-state index in [1.165, 1.54) is 0 Å². The van der Waals surface area contributed by atoms with E-state index in [9.17, 15) is 4.79 Å². The SMILES string of the molecule is CCCN=C1NC(=O)C2(CCN(CC(C)C)CC2)N1. The molecule has 0 aliphatic carbocycles. The first-order valence-corrected chi connectivity index (χ1v) is 7.42. The maximum absolute atomic E-state index is 12.2. The highest BCUT2D eigenvalue weighted by Crippen LogP contribution is 2.25. The van der Waals surface area contributed by atoms with Gasteiger partial charge in [0.25, 0.3) is 5.91 Å². The van der Waals surface area contributed by atoms with Gasteiger partial charge in [0.05, 0.1) is 0 Å². The Kier molecular flexibility index (Phi) is 4.45. The van der Waals surface area contributed by atoms with E-state index in [0.717, 1.165) is 45.4 Å². The van der Waals surface area contributed by atoms with Gasteiger partial charge in [-0.25, -0.2) is 0 Å². The van der Waals surface area contributed by atoms with Crippen LogP contribution in [0.5, 0.6) is 0 Å². The minimum absolute atomic E-state index is 0.103. The first-order chi connectivity index (χ1) is 9.05. The Morgan fingerprint density at radius 3 is 2.63 bits per heavy atom. The molecule has 2 saturated heterocycles.